The molecule has 2 N–H and O–H groups in total. The van der Waals surface area contributed by atoms with Gasteiger partial charge < -0.3 is 10.4 Å². The molecule has 0 saturated carbocycles. The van der Waals surface area contributed by atoms with Crippen LogP contribution in [0, 0.1) is 17.8 Å². The smallest absolute Gasteiger partial charge is 0.317 e. The zero-order valence-electron chi connectivity index (χ0n) is 12.1. The number of aliphatic carboxylic acids is 1. The predicted molar refractivity (Wildman–Crippen MR) is 73.6 cm³/mol. The number of rotatable bonds is 6. The van der Waals surface area contributed by atoms with Gasteiger partial charge in [-0.2, -0.15) is 0 Å². The Labute approximate surface area is 111 Å². The maximum Gasteiger partial charge on any atom is 0.317 e. The number of carbonyl (C=O) groups is 1. The number of hydrogen-bond donors (Lipinski definition) is 2. The van der Waals surface area contributed by atoms with Gasteiger partial charge in [0.1, 0.15) is 0 Å². The molecule has 1 heterocycles. The molecule has 2 atom stereocenters. The van der Waals surface area contributed by atoms with Gasteiger partial charge in [-0.25, -0.2) is 0 Å². The number of nitrogens with zero attached hydrogens (tertiary/aromatic N) is 1. The average Bonchev–Trinajstić information content (AvgIpc) is 2.25. The molecule has 2 unspecified atom stereocenters. The van der Waals surface area contributed by atoms with Gasteiger partial charge in [-0.3, -0.25) is 9.69 Å². The van der Waals surface area contributed by atoms with Crippen molar-refractivity contribution in [3.8, 4) is 0 Å². The molecule has 1 rings (SSSR count). The highest BCUT2D eigenvalue weighted by atomic mass is 16.4. The van der Waals surface area contributed by atoms with Crippen LogP contribution < -0.4 is 5.32 Å². The third-order valence-corrected chi connectivity index (χ3v) is 3.68. The van der Waals surface area contributed by atoms with Gasteiger partial charge in [-0.05, 0) is 30.7 Å². The van der Waals surface area contributed by atoms with Crippen molar-refractivity contribution in [2.45, 2.75) is 40.2 Å². The zero-order chi connectivity index (χ0) is 13.7. The van der Waals surface area contributed by atoms with Crippen LogP contribution in [0.1, 0.15) is 34.1 Å². The lowest BCUT2D eigenvalue weighted by molar-refractivity contribution is -0.139. The Morgan fingerprint density at radius 3 is 2.50 bits per heavy atom. The molecule has 18 heavy (non-hydrogen) atoms. The predicted octanol–water partition coefficient (Wildman–Crippen LogP) is 1.66. The van der Waals surface area contributed by atoms with Crippen molar-refractivity contribution < 1.29 is 9.90 Å². The number of hydrogen-bond acceptors (Lipinski definition) is 3. The van der Waals surface area contributed by atoms with Gasteiger partial charge in [0.15, 0.2) is 0 Å². The van der Waals surface area contributed by atoms with Crippen molar-refractivity contribution in [1.82, 2.24) is 10.2 Å². The molecule has 0 spiro atoms. The van der Waals surface area contributed by atoms with E-state index < -0.39 is 5.97 Å². The molecule has 0 radical (unpaired) electrons. The van der Waals surface area contributed by atoms with Crippen LogP contribution in [0.15, 0.2) is 0 Å². The van der Waals surface area contributed by atoms with E-state index in [1.54, 1.807) is 0 Å². The van der Waals surface area contributed by atoms with Crippen molar-refractivity contribution in [1.29, 1.82) is 0 Å². The molecule has 1 fully saturated rings. The second-order valence-corrected chi connectivity index (χ2v) is 6.33. The van der Waals surface area contributed by atoms with Crippen LogP contribution >= 0.6 is 0 Å². The third kappa shape index (κ3) is 5.36. The highest BCUT2D eigenvalue weighted by molar-refractivity contribution is 5.69. The largest absolute Gasteiger partial charge is 0.480 e. The lowest BCUT2D eigenvalue weighted by atomic mass is 9.85. The summed E-state index contributed by atoms with van der Waals surface area (Å²) in [5, 5.41) is 12.5. The van der Waals surface area contributed by atoms with E-state index in [-0.39, 0.29) is 6.54 Å². The van der Waals surface area contributed by atoms with Gasteiger partial charge in [0, 0.05) is 19.1 Å². The van der Waals surface area contributed by atoms with E-state index in [0.29, 0.717) is 23.8 Å². The van der Waals surface area contributed by atoms with Gasteiger partial charge >= 0.3 is 5.97 Å². The van der Waals surface area contributed by atoms with Crippen molar-refractivity contribution in [3.63, 3.8) is 0 Å². The monoisotopic (exact) mass is 256 g/mol. The summed E-state index contributed by atoms with van der Waals surface area (Å²) >= 11 is 0. The summed E-state index contributed by atoms with van der Waals surface area (Å²) in [4.78, 5) is 12.9. The Balaban J connectivity index is 2.53. The van der Waals surface area contributed by atoms with E-state index in [1.165, 1.54) is 6.42 Å². The molecule has 1 saturated heterocycles. The van der Waals surface area contributed by atoms with Crippen molar-refractivity contribution >= 4 is 5.97 Å². The number of piperidine rings is 1. The van der Waals surface area contributed by atoms with Gasteiger partial charge in [0.2, 0.25) is 0 Å². The van der Waals surface area contributed by atoms with Crippen LogP contribution in [0.2, 0.25) is 0 Å². The van der Waals surface area contributed by atoms with Crippen LogP contribution in [0.5, 0.6) is 0 Å². The summed E-state index contributed by atoms with van der Waals surface area (Å²) in [6, 6.07) is 0.438. The second kappa shape index (κ2) is 7.10. The third-order valence-electron chi connectivity index (χ3n) is 3.68. The summed E-state index contributed by atoms with van der Waals surface area (Å²) in [6.45, 7) is 11.8. The van der Waals surface area contributed by atoms with Gasteiger partial charge in [0.25, 0.3) is 0 Å². The maximum atomic E-state index is 10.9. The minimum Gasteiger partial charge on any atom is -0.480 e. The Hall–Kier alpha value is -0.610. The fraction of sp³-hybridized carbons (Fsp3) is 0.929. The molecule has 0 aromatic heterocycles. The molecule has 1 aliphatic rings. The summed E-state index contributed by atoms with van der Waals surface area (Å²) in [5.41, 5.74) is 0. The molecule has 0 aliphatic carbocycles. The summed E-state index contributed by atoms with van der Waals surface area (Å²) < 4.78 is 0. The van der Waals surface area contributed by atoms with E-state index in [9.17, 15) is 4.79 Å². The molecule has 0 bridgehead atoms. The first-order valence-corrected chi connectivity index (χ1v) is 7.06. The van der Waals surface area contributed by atoms with E-state index in [1.807, 2.05) is 0 Å². The molecule has 106 valence electrons. The lowest BCUT2D eigenvalue weighted by Gasteiger charge is -2.39. The lowest BCUT2D eigenvalue weighted by Crippen LogP contribution is -2.52. The first-order valence-electron chi connectivity index (χ1n) is 7.06. The molecule has 0 amide bonds. The minimum atomic E-state index is -0.720. The summed E-state index contributed by atoms with van der Waals surface area (Å²) in [6.07, 6.45) is 1.17. The van der Waals surface area contributed by atoms with Crippen molar-refractivity contribution in [2.24, 2.45) is 17.8 Å². The number of likely N-dealkylation sites (tertiary alicyclic amines) is 1. The highest BCUT2D eigenvalue weighted by Crippen LogP contribution is 2.23. The number of carboxylic acid groups (broad SMARTS) is 1. The minimum absolute atomic E-state index is 0.170. The average molecular weight is 256 g/mol. The second-order valence-electron chi connectivity index (χ2n) is 6.33. The van der Waals surface area contributed by atoms with Crippen molar-refractivity contribution in [3.05, 3.63) is 0 Å². The first-order chi connectivity index (χ1) is 8.38. The molecular formula is C14H28N2O2. The van der Waals surface area contributed by atoms with Gasteiger partial charge in [-0.15, -0.1) is 0 Å². The topological polar surface area (TPSA) is 52.6 Å². The fourth-order valence-electron chi connectivity index (χ4n) is 2.59. The normalized spacial score (nSPS) is 25.9. The molecule has 0 aromatic rings. The molecule has 1 aliphatic heterocycles. The zero-order valence-corrected chi connectivity index (χ0v) is 12.1. The van der Waals surface area contributed by atoms with Crippen molar-refractivity contribution in [2.75, 3.05) is 26.2 Å². The summed E-state index contributed by atoms with van der Waals surface area (Å²) in [5.74, 6) is 1.13. The van der Waals surface area contributed by atoms with Crippen LogP contribution in [-0.2, 0) is 4.79 Å². The van der Waals surface area contributed by atoms with Gasteiger partial charge in [-0.1, -0.05) is 27.7 Å². The highest BCUT2D eigenvalue weighted by Gasteiger charge is 2.29. The van der Waals surface area contributed by atoms with E-state index in [0.717, 1.165) is 19.6 Å². The number of nitrogens with one attached hydrogen (secondary N) is 1. The SMILES string of the molecule is CC(C)CNC1CC(C(C)C)CN(CC(=O)O)C1. The Morgan fingerprint density at radius 1 is 1.33 bits per heavy atom. The fourth-order valence-corrected chi connectivity index (χ4v) is 2.59. The van der Waals surface area contributed by atoms with Crippen LogP contribution in [0.3, 0.4) is 0 Å². The molecule has 4 nitrogen and oxygen atoms in total. The van der Waals surface area contributed by atoms with Crippen LogP contribution in [-0.4, -0.2) is 48.2 Å². The van der Waals surface area contributed by atoms with E-state index in [2.05, 4.69) is 37.9 Å². The first kappa shape index (κ1) is 15.4. The Bertz CT molecular complexity index is 267. The van der Waals surface area contributed by atoms with Crippen LogP contribution in [0.4, 0.5) is 0 Å². The van der Waals surface area contributed by atoms with E-state index >= 15 is 0 Å². The quantitative estimate of drug-likeness (QED) is 0.759. The Kier molecular flexibility index (Phi) is 6.09. The Morgan fingerprint density at radius 2 is 2.00 bits per heavy atom. The van der Waals surface area contributed by atoms with Crippen LogP contribution in [0.25, 0.3) is 0 Å². The molecule has 4 heteroatoms. The van der Waals surface area contributed by atoms with Gasteiger partial charge in [0.05, 0.1) is 6.54 Å². The maximum absolute atomic E-state index is 10.9. The molecular weight excluding hydrogens is 228 g/mol. The summed E-state index contributed by atoms with van der Waals surface area (Å²) in [7, 11) is 0. The van der Waals surface area contributed by atoms with E-state index in [4.69, 9.17) is 5.11 Å². The number of carboxylic acids is 1. The molecule has 0 aromatic carbocycles. The standard InChI is InChI=1S/C14H28N2O2/c1-10(2)6-15-13-5-12(11(3)4)7-16(8-13)9-14(17)18/h10-13,15H,5-9H2,1-4H3,(H,17,18).